The number of halogens is 1. The number of para-hydroxylation sites is 2. The van der Waals surface area contributed by atoms with E-state index in [1.54, 1.807) is 36.3 Å². The molecule has 2 heterocycles. The number of likely N-dealkylation sites (tertiary alicyclic amines) is 1. The van der Waals surface area contributed by atoms with Gasteiger partial charge in [-0.05, 0) is 36.8 Å². The highest BCUT2D eigenvalue weighted by molar-refractivity contribution is 6.31. The van der Waals surface area contributed by atoms with Gasteiger partial charge in [0, 0.05) is 31.0 Å². The fourth-order valence-electron chi connectivity index (χ4n) is 4.12. The number of nitrogens with zero attached hydrogens (tertiary/aromatic N) is 1. The Hall–Kier alpha value is -2.73. The van der Waals surface area contributed by atoms with E-state index in [-0.39, 0.29) is 18.3 Å². The molecule has 158 valence electrons. The molecule has 0 aliphatic carbocycles. The van der Waals surface area contributed by atoms with Crippen LogP contribution in [0.2, 0.25) is 5.02 Å². The second-order valence-electron chi connectivity index (χ2n) is 7.80. The molecule has 0 N–H and O–H groups in total. The number of carbonyl (C=O) groups is 2. The lowest BCUT2D eigenvalue weighted by atomic mass is 9.82. The van der Waals surface area contributed by atoms with E-state index in [0.717, 1.165) is 5.56 Å². The van der Waals surface area contributed by atoms with Gasteiger partial charge in [0.1, 0.15) is 11.4 Å². The van der Waals surface area contributed by atoms with Gasteiger partial charge in [-0.25, -0.2) is 0 Å². The first kappa shape index (κ1) is 20.5. The molecule has 1 fully saturated rings. The number of ketones is 1. The number of hydrogen-bond acceptors (Lipinski definition) is 5. The lowest BCUT2D eigenvalue weighted by Gasteiger charge is -2.44. The Labute approximate surface area is 180 Å². The number of hydrogen-bond donors (Lipinski definition) is 0. The smallest absolute Gasteiger partial charge is 0.260 e. The molecule has 2 aromatic rings. The molecule has 0 saturated carbocycles. The minimum Gasteiger partial charge on any atom is -0.493 e. The molecule has 1 saturated heterocycles. The van der Waals surface area contributed by atoms with Crippen LogP contribution in [0.3, 0.4) is 0 Å². The fourth-order valence-corrected chi connectivity index (χ4v) is 4.40. The zero-order chi connectivity index (χ0) is 21.3. The van der Waals surface area contributed by atoms with Crippen molar-refractivity contribution in [1.29, 1.82) is 0 Å². The first-order chi connectivity index (χ1) is 14.4. The maximum Gasteiger partial charge on any atom is 0.260 e. The molecule has 2 aliphatic rings. The van der Waals surface area contributed by atoms with Gasteiger partial charge in [-0.15, -0.1) is 0 Å². The van der Waals surface area contributed by atoms with E-state index in [2.05, 4.69) is 0 Å². The Morgan fingerprint density at radius 2 is 1.90 bits per heavy atom. The van der Waals surface area contributed by atoms with Crippen molar-refractivity contribution in [3.63, 3.8) is 0 Å². The second-order valence-corrected chi connectivity index (χ2v) is 8.24. The number of ether oxygens (including phenoxy) is 3. The van der Waals surface area contributed by atoms with E-state index in [1.165, 1.54) is 0 Å². The fraction of sp³-hybridized carbons (Fsp3) is 0.391. The molecular formula is C23H24ClNO5. The highest BCUT2D eigenvalue weighted by atomic mass is 35.5. The summed E-state index contributed by atoms with van der Waals surface area (Å²) in [5.41, 5.74) is 0.839. The Bertz CT molecular complexity index is 982. The zero-order valence-electron chi connectivity index (χ0n) is 17.1. The minimum atomic E-state index is -0.567. The third kappa shape index (κ3) is 3.97. The third-order valence-corrected chi connectivity index (χ3v) is 6.01. The second kappa shape index (κ2) is 8.19. The Morgan fingerprint density at radius 3 is 2.60 bits per heavy atom. The summed E-state index contributed by atoms with van der Waals surface area (Å²) in [6.45, 7) is 2.87. The van der Waals surface area contributed by atoms with Crippen LogP contribution < -0.4 is 14.2 Å². The molecule has 0 atom stereocenters. The average molecular weight is 430 g/mol. The normalized spacial score (nSPS) is 17.3. The quantitative estimate of drug-likeness (QED) is 0.733. The molecule has 4 rings (SSSR count). The maximum atomic E-state index is 12.7. The number of benzene rings is 2. The molecule has 0 radical (unpaired) electrons. The van der Waals surface area contributed by atoms with Gasteiger partial charge >= 0.3 is 0 Å². The molecule has 1 spiro atoms. The molecule has 2 aliphatic heterocycles. The summed E-state index contributed by atoms with van der Waals surface area (Å²) in [7, 11) is 1.56. The van der Waals surface area contributed by atoms with Gasteiger partial charge in [-0.1, -0.05) is 23.7 Å². The van der Waals surface area contributed by atoms with E-state index >= 15 is 0 Å². The first-order valence-corrected chi connectivity index (χ1v) is 10.3. The van der Waals surface area contributed by atoms with Gasteiger partial charge in [0.05, 0.1) is 19.1 Å². The van der Waals surface area contributed by atoms with E-state index in [1.807, 2.05) is 19.1 Å². The van der Waals surface area contributed by atoms with Gasteiger partial charge < -0.3 is 19.1 Å². The molecule has 0 aromatic heterocycles. The van der Waals surface area contributed by atoms with Crippen molar-refractivity contribution < 1.29 is 23.8 Å². The highest BCUT2D eigenvalue weighted by Gasteiger charge is 2.44. The van der Waals surface area contributed by atoms with Crippen molar-refractivity contribution >= 4 is 23.3 Å². The number of methoxy groups -OCH3 is 1. The number of carbonyl (C=O) groups excluding carboxylic acids is 2. The van der Waals surface area contributed by atoms with Crippen LogP contribution in [-0.4, -0.2) is 49.0 Å². The van der Waals surface area contributed by atoms with Crippen LogP contribution in [0, 0.1) is 6.92 Å². The van der Waals surface area contributed by atoms with Crippen LogP contribution >= 0.6 is 11.6 Å². The maximum absolute atomic E-state index is 12.7. The summed E-state index contributed by atoms with van der Waals surface area (Å²) in [5, 5.41) is 0.537. The van der Waals surface area contributed by atoms with Crippen molar-refractivity contribution in [2.75, 3.05) is 26.8 Å². The SMILES string of the molecule is COc1ccccc1OCC(=O)N1CCC2(CC1)CC(=O)c1cc(Cl)cc(C)c1O2. The van der Waals surface area contributed by atoms with Crippen LogP contribution in [-0.2, 0) is 4.79 Å². The topological polar surface area (TPSA) is 65.1 Å². The largest absolute Gasteiger partial charge is 0.493 e. The Balaban J connectivity index is 1.39. The molecule has 0 bridgehead atoms. The van der Waals surface area contributed by atoms with Crippen LogP contribution in [0.1, 0.15) is 35.2 Å². The molecule has 2 aromatic carbocycles. The summed E-state index contributed by atoms with van der Waals surface area (Å²) in [4.78, 5) is 27.1. The van der Waals surface area contributed by atoms with Gasteiger partial charge in [0.2, 0.25) is 0 Å². The van der Waals surface area contributed by atoms with Crippen LogP contribution in [0.5, 0.6) is 17.2 Å². The van der Waals surface area contributed by atoms with Gasteiger partial charge in [-0.2, -0.15) is 0 Å². The number of aryl methyl sites for hydroxylation is 1. The Kier molecular flexibility index (Phi) is 5.60. The van der Waals surface area contributed by atoms with Gasteiger partial charge in [0.25, 0.3) is 5.91 Å². The molecular weight excluding hydrogens is 406 g/mol. The highest BCUT2D eigenvalue weighted by Crippen LogP contribution is 2.42. The van der Waals surface area contributed by atoms with E-state index in [4.69, 9.17) is 25.8 Å². The predicted molar refractivity (Wildman–Crippen MR) is 113 cm³/mol. The van der Waals surface area contributed by atoms with Crippen molar-refractivity contribution in [3.8, 4) is 17.2 Å². The Morgan fingerprint density at radius 1 is 1.20 bits per heavy atom. The van der Waals surface area contributed by atoms with Crippen LogP contribution in [0.25, 0.3) is 0 Å². The van der Waals surface area contributed by atoms with Crippen LogP contribution in [0.15, 0.2) is 36.4 Å². The van der Waals surface area contributed by atoms with Crippen molar-refractivity contribution in [2.24, 2.45) is 0 Å². The molecule has 30 heavy (non-hydrogen) atoms. The van der Waals surface area contributed by atoms with Crippen molar-refractivity contribution in [1.82, 2.24) is 4.90 Å². The summed E-state index contributed by atoms with van der Waals surface area (Å²) >= 11 is 6.10. The third-order valence-electron chi connectivity index (χ3n) is 5.79. The number of amides is 1. The van der Waals surface area contributed by atoms with Gasteiger partial charge in [0.15, 0.2) is 23.9 Å². The average Bonchev–Trinajstić information content (AvgIpc) is 2.74. The summed E-state index contributed by atoms with van der Waals surface area (Å²) in [6.07, 6.45) is 1.50. The molecule has 7 heteroatoms. The summed E-state index contributed by atoms with van der Waals surface area (Å²) < 4.78 is 17.2. The summed E-state index contributed by atoms with van der Waals surface area (Å²) in [6, 6.07) is 10.7. The monoisotopic (exact) mass is 429 g/mol. The lowest BCUT2D eigenvalue weighted by molar-refractivity contribution is -0.137. The number of piperidine rings is 1. The predicted octanol–water partition coefficient (Wildman–Crippen LogP) is 4.06. The summed E-state index contributed by atoms with van der Waals surface area (Å²) in [5.74, 6) is 1.69. The first-order valence-electron chi connectivity index (χ1n) is 9.97. The lowest BCUT2D eigenvalue weighted by Crippen LogP contribution is -2.53. The molecule has 0 unspecified atom stereocenters. The molecule has 1 amide bonds. The van der Waals surface area contributed by atoms with Gasteiger partial charge in [-0.3, -0.25) is 9.59 Å². The van der Waals surface area contributed by atoms with E-state index in [0.29, 0.717) is 60.2 Å². The number of fused-ring (bicyclic) bond motifs is 1. The zero-order valence-corrected chi connectivity index (χ0v) is 17.8. The van der Waals surface area contributed by atoms with E-state index in [9.17, 15) is 9.59 Å². The number of rotatable bonds is 4. The van der Waals surface area contributed by atoms with Crippen molar-refractivity contribution in [3.05, 3.63) is 52.5 Å². The number of Topliss-reactive ketones (excluding diaryl/α,β-unsaturated/α-hetero) is 1. The molecule has 6 nitrogen and oxygen atoms in total. The standard InChI is InChI=1S/C23H24ClNO5/c1-15-11-16(24)12-17-18(26)13-23(30-22(15)17)7-9-25(10-8-23)21(27)14-29-20-6-4-3-5-19(20)28-2/h3-6,11-12H,7-10,13-14H2,1-2H3. The van der Waals surface area contributed by atoms with Crippen LogP contribution in [0.4, 0.5) is 0 Å². The minimum absolute atomic E-state index is 0.0427. The van der Waals surface area contributed by atoms with Crippen molar-refractivity contribution in [2.45, 2.75) is 31.8 Å². The van der Waals surface area contributed by atoms with E-state index < -0.39 is 5.60 Å².